The Hall–Kier alpha value is -2.23. The molecule has 22 heavy (non-hydrogen) atoms. The molecule has 0 unspecified atom stereocenters. The summed E-state index contributed by atoms with van der Waals surface area (Å²) in [6.45, 7) is 6.96. The summed E-state index contributed by atoms with van der Waals surface area (Å²) in [5, 5.41) is 14.0. The minimum absolute atomic E-state index is 0.104. The van der Waals surface area contributed by atoms with Crippen molar-refractivity contribution in [3.63, 3.8) is 0 Å². The third-order valence-corrected chi connectivity index (χ3v) is 2.83. The summed E-state index contributed by atoms with van der Waals surface area (Å²) in [6, 6.07) is -1.91. The van der Waals surface area contributed by atoms with Crippen LogP contribution >= 0.6 is 0 Å². The number of rotatable bonds is 8. The van der Waals surface area contributed by atoms with Crippen molar-refractivity contribution in [1.82, 2.24) is 10.6 Å². The van der Waals surface area contributed by atoms with Gasteiger partial charge in [-0.1, -0.05) is 33.6 Å². The molecule has 0 aromatic carbocycles. The van der Waals surface area contributed by atoms with Crippen LogP contribution in [0.25, 0.3) is 0 Å². The number of aliphatic carboxylic acids is 1. The molecule has 7 heteroatoms. The number of hydrogen-bond acceptors (Lipinski definition) is 4. The van der Waals surface area contributed by atoms with Crippen molar-refractivity contribution in [3.05, 3.63) is 0 Å². The van der Waals surface area contributed by atoms with E-state index in [2.05, 4.69) is 21.3 Å². The average molecular weight is 312 g/mol. The van der Waals surface area contributed by atoms with E-state index < -0.39 is 30.1 Å². The Morgan fingerprint density at radius 3 is 2.18 bits per heavy atom. The van der Waals surface area contributed by atoms with Crippen molar-refractivity contribution in [2.45, 2.75) is 46.2 Å². The summed E-state index contributed by atoms with van der Waals surface area (Å²) in [5.74, 6) is 0.318. The van der Waals surface area contributed by atoms with E-state index in [1.54, 1.807) is 13.8 Å². The largest absolute Gasteiger partial charge is 0.480 e. The normalized spacial score (nSPS) is 13.1. The van der Waals surface area contributed by atoms with Crippen LogP contribution in [-0.2, 0) is 14.3 Å². The molecule has 0 radical (unpaired) electrons. The van der Waals surface area contributed by atoms with Gasteiger partial charge in [0.1, 0.15) is 12.1 Å². The molecule has 0 fully saturated rings. The summed E-state index contributed by atoms with van der Waals surface area (Å²) < 4.78 is 4.66. The molecular formula is C15H24N2O5. The second kappa shape index (κ2) is 9.66. The fourth-order valence-corrected chi connectivity index (χ4v) is 1.77. The standard InChI is InChI=1S/C15H24N2O5/c1-6-7-22-15(21)17-12(10(4)5)13(18)16-11(14(19)20)8-9(2)3/h1,9-12H,7-8H2,2-5H3,(H,16,18)(H,17,21)(H,19,20)/t11-,12-/m0/s1. The smallest absolute Gasteiger partial charge is 0.408 e. The van der Waals surface area contributed by atoms with Crippen LogP contribution in [0, 0.1) is 24.2 Å². The molecule has 2 atom stereocenters. The lowest BCUT2D eigenvalue weighted by molar-refractivity contribution is -0.142. The zero-order valence-corrected chi connectivity index (χ0v) is 13.4. The SMILES string of the molecule is C#CCOC(=O)N[C@H](C(=O)N[C@@H](CC(C)C)C(=O)O)C(C)C. The first-order valence-corrected chi connectivity index (χ1v) is 7.08. The summed E-state index contributed by atoms with van der Waals surface area (Å²) in [7, 11) is 0. The van der Waals surface area contributed by atoms with Crippen LogP contribution in [0.4, 0.5) is 4.79 Å². The van der Waals surface area contributed by atoms with E-state index in [1.165, 1.54) is 0 Å². The fraction of sp³-hybridized carbons (Fsp3) is 0.667. The number of nitrogens with one attached hydrogen (secondary N) is 2. The molecule has 3 N–H and O–H groups in total. The molecular weight excluding hydrogens is 288 g/mol. The third-order valence-electron chi connectivity index (χ3n) is 2.83. The molecule has 124 valence electrons. The summed E-state index contributed by atoms with van der Waals surface area (Å²) >= 11 is 0. The van der Waals surface area contributed by atoms with Gasteiger partial charge in [-0.15, -0.1) is 6.42 Å². The molecule has 0 saturated carbocycles. The van der Waals surface area contributed by atoms with Gasteiger partial charge in [0, 0.05) is 0 Å². The molecule has 0 aliphatic rings. The molecule has 0 aliphatic heterocycles. The predicted octanol–water partition coefficient (Wildman–Crippen LogP) is 0.986. The van der Waals surface area contributed by atoms with Gasteiger partial charge in [0.2, 0.25) is 5.91 Å². The van der Waals surface area contributed by atoms with Gasteiger partial charge in [-0.05, 0) is 18.3 Å². The highest BCUT2D eigenvalue weighted by atomic mass is 16.5. The molecule has 7 nitrogen and oxygen atoms in total. The van der Waals surface area contributed by atoms with Crippen molar-refractivity contribution in [2.75, 3.05) is 6.61 Å². The Bertz CT molecular complexity index is 440. The lowest BCUT2D eigenvalue weighted by Crippen LogP contribution is -2.54. The zero-order valence-electron chi connectivity index (χ0n) is 13.4. The van der Waals surface area contributed by atoms with Gasteiger partial charge in [0.25, 0.3) is 0 Å². The Balaban J connectivity index is 4.81. The van der Waals surface area contributed by atoms with Crippen LogP contribution < -0.4 is 10.6 Å². The van der Waals surface area contributed by atoms with Crippen LogP contribution in [0.5, 0.6) is 0 Å². The highest BCUT2D eigenvalue weighted by Crippen LogP contribution is 2.08. The monoisotopic (exact) mass is 312 g/mol. The van der Waals surface area contributed by atoms with Gasteiger partial charge in [-0.3, -0.25) is 4.79 Å². The highest BCUT2D eigenvalue weighted by molar-refractivity contribution is 5.89. The number of terminal acetylenes is 1. The van der Waals surface area contributed by atoms with Gasteiger partial charge >= 0.3 is 12.1 Å². The van der Waals surface area contributed by atoms with E-state index in [4.69, 9.17) is 11.5 Å². The van der Waals surface area contributed by atoms with Gasteiger partial charge in [-0.2, -0.15) is 0 Å². The number of carboxylic acids is 1. The molecule has 0 heterocycles. The Morgan fingerprint density at radius 2 is 1.77 bits per heavy atom. The van der Waals surface area contributed by atoms with Gasteiger partial charge in [-0.25, -0.2) is 9.59 Å². The second-order valence-corrected chi connectivity index (χ2v) is 5.68. The lowest BCUT2D eigenvalue weighted by atomic mass is 10.0. The van der Waals surface area contributed by atoms with Crippen LogP contribution in [0.2, 0.25) is 0 Å². The summed E-state index contributed by atoms with van der Waals surface area (Å²) in [4.78, 5) is 34.9. The van der Waals surface area contributed by atoms with Crippen molar-refractivity contribution in [1.29, 1.82) is 0 Å². The molecule has 0 aromatic heterocycles. The molecule has 0 aromatic rings. The number of amides is 2. The maximum absolute atomic E-state index is 12.2. The van der Waals surface area contributed by atoms with Gasteiger partial charge < -0.3 is 20.5 Å². The minimum atomic E-state index is -1.11. The van der Waals surface area contributed by atoms with Crippen LogP contribution in [0.3, 0.4) is 0 Å². The molecule has 0 aliphatic carbocycles. The molecule has 0 bridgehead atoms. The first-order chi connectivity index (χ1) is 10.2. The first-order valence-electron chi connectivity index (χ1n) is 7.08. The van der Waals surface area contributed by atoms with E-state index in [0.29, 0.717) is 6.42 Å². The van der Waals surface area contributed by atoms with Crippen molar-refractivity contribution in [2.24, 2.45) is 11.8 Å². The zero-order chi connectivity index (χ0) is 17.3. The van der Waals surface area contributed by atoms with Gasteiger partial charge in [0.15, 0.2) is 6.61 Å². The Labute approximate surface area is 130 Å². The Kier molecular flexibility index (Phi) is 8.68. The summed E-state index contributed by atoms with van der Waals surface area (Å²) in [5.41, 5.74) is 0. The van der Waals surface area contributed by atoms with E-state index in [-0.39, 0.29) is 18.4 Å². The number of ether oxygens (including phenoxy) is 1. The highest BCUT2D eigenvalue weighted by Gasteiger charge is 2.29. The second-order valence-electron chi connectivity index (χ2n) is 5.68. The van der Waals surface area contributed by atoms with Gasteiger partial charge in [0.05, 0.1) is 0 Å². The number of alkyl carbamates (subject to hydrolysis) is 1. The lowest BCUT2D eigenvalue weighted by Gasteiger charge is -2.24. The van der Waals surface area contributed by atoms with Crippen molar-refractivity contribution in [3.8, 4) is 12.3 Å². The third kappa shape index (κ3) is 7.53. The van der Waals surface area contributed by atoms with E-state index in [9.17, 15) is 14.4 Å². The maximum Gasteiger partial charge on any atom is 0.408 e. The molecule has 0 saturated heterocycles. The van der Waals surface area contributed by atoms with Crippen LogP contribution in [0.1, 0.15) is 34.1 Å². The fourth-order valence-electron chi connectivity index (χ4n) is 1.77. The average Bonchev–Trinajstić information content (AvgIpc) is 2.40. The van der Waals surface area contributed by atoms with E-state index >= 15 is 0 Å². The Morgan fingerprint density at radius 1 is 1.18 bits per heavy atom. The first kappa shape index (κ1) is 19.8. The molecule has 2 amide bonds. The summed E-state index contributed by atoms with van der Waals surface area (Å²) in [6.07, 6.45) is 4.46. The number of carbonyl (C=O) groups is 3. The number of hydrogen-bond donors (Lipinski definition) is 3. The molecule has 0 rings (SSSR count). The quantitative estimate of drug-likeness (QED) is 0.580. The predicted molar refractivity (Wildman–Crippen MR) is 81.0 cm³/mol. The van der Waals surface area contributed by atoms with Crippen LogP contribution in [0.15, 0.2) is 0 Å². The van der Waals surface area contributed by atoms with Crippen LogP contribution in [-0.4, -0.2) is 41.8 Å². The minimum Gasteiger partial charge on any atom is -0.480 e. The molecule has 0 spiro atoms. The topological polar surface area (TPSA) is 105 Å². The van der Waals surface area contributed by atoms with Crippen molar-refractivity contribution < 1.29 is 24.2 Å². The maximum atomic E-state index is 12.2. The van der Waals surface area contributed by atoms with E-state index in [0.717, 1.165) is 0 Å². The number of carbonyl (C=O) groups excluding carboxylic acids is 2. The number of carboxylic acid groups (broad SMARTS) is 1. The van der Waals surface area contributed by atoms with E-state index in [1.807, 2.05) is 13.8 Å². The van der Waals surface area contributed by atoms with Crippen molar-refractivity contribution >= 4 is 18.0 Å².